The molecule has 0 aliphatic heterocycles. The number of nitrogens with one attached hydrogen (secondary N) is 1. The standard InChI is InChI=1S/C6H3ClF3NO/c7-2-1-3(5(9)10)11-6(12)4(2)8/h1,5H,(H,11,12). The first kappa shape index (κ1) is 9.12. The van der Waals surface area contributed by atoms with Crippen LogP contribution < -0.4 is 5.56 Å². The number of halogens is 4. The van der Waals surface area contributed by atoms with Crippen LogP contribution in [0.4, 0.5) is 13.2 Å². The molecule has 66 valence electrons. The van der Waals surface area contributed by atoms with Crippen LogP contribution >= 0.6 is 11.6 Å². The summed E-state index contributed by atoms with van der Waals surface area (Å²) in [6, 6.07) is 0.683. The van der Waals surface area contributed by atoms with E-state index in [0.717, 1.165) is 0 Å². The molecule has 0 unspecified atom stereocenters. The van der Waals surface area contributed by atoms with E-state index < -0.39 is 28.5 Å². The van der Waals surface area contributed by atoms with Crippen LogP contribution in [0.1, 0.15) is 12.1 Å². The lowest BCUT2D eigenvalue weighted by atomic mass is 10.3. The number of rotatable bonds is 1. The molecule has 0 bridgehead atoms. The van der Waals surface area contributed by atoms with Crippen LogP contribution in [0.25, 0.3) is 0 Å². The van der Waals surface area contributed by atoms with Gasteiger partial charge in [0, 0.05) is 0 Å². The van der Waals surface area contributed by atoms with Crippen molar-refractivity contribution in [3.63, 3.8) is 0 Å². The number of alkyl halides is 2. The summed E-state index contributed by atoms with van der Waals surface area (Å²) in [6.07, 6.45) is -2.86. The zero-order valence-electron chi connectivity index (χ0n) is 5.57. The van der Waals surface area contributed by atoms with E-state index in [1.54, 1.807) is 4.98 Å². The zero-order chi connectivity index (χ0) is 9.30. The molecule has 1 N–H and O–H groups in total. The van der Waals surface area contributed by atoms with E-state index in [1.165, 1.54) is 0 Å². The van der Waals surface area contributed by atoms with E-state index >= 15 is 0 Å². The highest BCUT2D eigenvalue weighted by Gasteiger charge is 2.13. The smallest absolute Gasteiger partial charge is 0.285 e. The Morgan fingerprint density at radius 1 is 1.50 bits per heavy atom. The molecule has 0 radical (unpaired) electrons. The normalized spacial score (nSPS) is 10.8. The van der Waals surface area contributed by atoms with Gasteiger partial charge in [-0.1, -0.05) is 11.6 Å². The predicted molar refractivity (Wildman–Crippen MR) is 37.0 cm³/mol. The van der Waals surface area contributed by atoms with Gasteiger partial charge in [-0.15, -0.1) is 0 Å². The third-order valence-corrected chi connectivity index (χ3v) is 1.46. The van der Waals surface area contributed by atoms with Gasteiger partial charge in [-0.25, -0.2) is 8.78 Å². The molecule has 1 heterocycles. The highest BCUT2D eigenvalue weighted by molar-refractivity contribution is 6.30. The molecule has 1 aromatic rings. The Kier molecular flexibility index (Phi) is 2.42. The van der Waals surface area contributed by atoms with E-state index in [4.69, 9.17) is 11.6 Å². The molecule has 6 heteroatoms. The van der Waals surface area contributed by atoms with Crippen LogP contribution in [0.5, 0.6) is 0 Å². The SMILES string of the molecule is O=c1[nH]c(C(F)F)cc(Cl)c1F. The molecule has 0 spiro atoms. The average molecular weight is 198 g/mol. The second-order valence-corrected chi connectivity index (χ2v) is 2.42. The van der Waals surface area contributed by atoms with Gasteiger partial charge in [0.05, 0.1) is 10.7 Å². The van der Waals surface area contributed by atoms with Crippen molar-refractivity contribution in [2.75, 3.05) is 0 Å². The third kappa shape index (κ3) is 1.61. The van der Waals surface area contributed by atoms with Crippen molar-refractivity contribution in [3.8, 4) is 0 Å². The minimum Gasteiger partial charge on any atom is -0.318 e. The van der Waals surface area contributed by atoms with Crippen LogP contribution in [0, 0.1) is 5.82 Å². The van der Waals surface area contributed by atoms with Gasteiger partial charge in [-0.3, -0.25) is 4.79 Å². The molecule has 12 heavy (non-hydrogen) atoms. The maximum Gasteiger partial charge on any atom is 0.285 e. The molecule has 1 aromatic heterocycles. The molecule has 0 saturated heterocycles. The number of pyridine rings is 1. The molecule has 0 aromatic carbocycles. The maximum absolute atomic E-state index is 12.5. The zero-order valence-corrected chi connectivity index (χ0v) is 6.33. The van der Waals surface area contributed by atoms with Crippen LogP contribution in [0.15, 0.2) is 10.9 Å². The van der Waals surface area contributed by atoms with Gasteiger partial charge in [0.25, 0.3) is 12.0 Å². The van der Waals surface area contributed by atoms with E-state index in [2.05, 4.69) is 0 Å². The third-order valence-electron chi connectivity index (χ3n) is 1.18. The number of hydrogen-bond acceptors (Lipinski definition) is 1. The first-order valence-corrected chi connectivity index (χ1v) is 3.26. The van der Waals surface area contributed by atoms with Crippen LogP contribution in [0.3, 0.4) is 0 Å². The second kappa shape index (κ2) is 3.18. The molecule has 0 amide bonds. The highest BCUT2D eigenvalue weighted by atomic mass is 35.5. The molecule has 0 fully saturated rings. The Labute approximate surface area is 70.0 Å². The maximum atomic E-state index is 12.5. The quantitative estimate of drug-likeness (QED) is 0.735. The fourth-order valence-electron chi connectivity index (χ4n) is 0.648. The number of aromatic nitrogens is 1. The van der Waals surface area contributed by atoms with Crippen molar-refractivity contribution < 1.29 is 13.2 Å². The van der Waals surface area contributed by atoms with Crippen molar-refractivity contribution in [2.24, 2.45) is 0 Å². The largest absolute Gasteiger partial charge is 0.318 e. The van der Waals surface area contributed by atoms with E-state index in [0.29, 0.717) is 6.07 Å². The van der Waals surface area contributed by atoms with Gasteiger partial charge in [0.2, 0.25) is 5.82 Å². The molecular formula is C6H3ClF3NO. The Bertz CT molecular complexity index is 349. The highest BCUT2D eigenvalue weighted by Crippen LogP contribution is 2.19. The van der Waals surface area contributed by atoms with E-state index in [1.807, 2.05) is 0 Å². The summed E-state index contributed by atoms with van der Waals surface area (Å²) >= 11 is 5.13. The molecule has 1 rings (SSSR count). The minimum absolute atomic E-state index is 0.603. The molecule has 0 atom stereocenters. The van der Waals surface area contributed by atoms with Gasteiger partial charge in [-0.2, -0.15) is 4.39 Å². The summed E-state index contributed by atoms with van der Waals surface area (Å²) in [5.41, 5.74) is -1.93. The van der Waals surface area contributed by atoms with Crippen molar-refractivity contribution in [1.82, 2.24) is 4.98 Å². The first-order chi connectivity index (χ1) is 5.52. The van der Waals surface area contributed by atoms with Gasteiger partial charge in [0.15, 0.2) is 0 Å². The lowest BCUT2D eigenvalue weighted by Gasteiger charge is -1.99. The summed E-state index contributed by atoms with van der Waals surface area (Å²) in [7, 11) is 0. The van der Waals surface area contributed by atoms with Gasteiger partial charge in [0.1, 0.15) is 0 Å². The Morgan fingerprint density at radius 3 is 2.50 bits per heavy atom. The van der Waals surface area contributed by atoms with Crippen LogP contribution in [0.2, 0.25) is 5.02 Å². The second-order valence-electron chi connectivity index (χ2n) is 2.02. The van der Waals surface area contributed by atoms with Gasteiger partial charge < -0.3 is 4.98 Å². The van der Waals surface area contributed by atoms with Crippen molar-refractivity contribution >= 4 is 11.6 Å². The Balaban J connectivity index is 3.31. The monoisotopic (exact) mass is 197 g/mol. The Hall–Kier alpha value is -0.970. The predicted octanol–water partition coefficient (Wildman–Crippen LogP) is 2.10. The van der Waals surface area contributed by atoms with Crippen molar-refractivity contribution in [2.45, 2.75) is 6.43 Å². The lowest BCUT2D eigenvalue weighted by Crippen LogP contribution is -2.13. The summed E-state index contributed by atoms with van der Waals surface area (Å²) in [5.74, 6) is -1.25. The van der Waals surface area contributed by atoms with Gasteiger partial charge in [-0.05, 0) is 6.07 Å². The fraction of sp³-hybridized carbons (Fsp3) is 0.167. The average Bonchev–Trinajstić information content (AvgIpc) is 1.99. The van der Waals surface area contributed by atoms with E-state index in [9.17, 15) is 18.0 Å². The molecule has 0 aliphatic rings. The topological polar surface area (TPSA) is 32.9 Å². The van der Waals surface area contributed by atoms with Gasteiger partial charge >= 0.3 is 0 Å². The fourth-order valence-corrected chi connectivity index (χ4v) is 0.851. The Morgan fingerprint density at radius 2 is 2.08 bits per heavy atom. The summed E-state index contributed by atoms with van der Waals surface area (Å²) < 4.78 is 36.3. The number of hydrogen-bond donors (Lipinski definition) is 1. The minimum atomic E-state index is -2.86. The lowest BCUT2D eigenvalue weighted by molar-refractivity contribution is 0.145. The van der Waals surface area contributed by atoms with Crippen molar-refractivity contribution in [3.05, 3.63) is 33.0 Å². The summed E-state index contributed by atoms with van der Waals surface area (Å²) in [6.45, 7) is 0. The molecule has 2 nitrogen and oxygen atoms in total. The molecule has 0 aliphatic carbocycles. The van der Waals surface area contributed by atoms with Crippen molar-refractivity contribution in [1.29, 1.82) is 0 Å². The van der Waals surface area contributed by atoms with E-state index in [-0.39, 0.29) is 0 Å². The summed E-state index contributed by atoms with van der Waals surface area (Å²) in [5, 5.41) is -0.603. The van der Waals surface area contributed by atoms with Crippen LogP contribution in [-0.2, 0) is 0 Å². The molecule has 0 saturated carbocycles. The number of aromatic amines is 1. The summed E-state index contributed by atoms with van der Waals surface area (Å²) in [4.78, 5) is 12.2. The number of H-pyrrole nitrogens is 1. The molecular weight excluding hydrogens is 195 g/mol. The first-order valence-electron chi connectivity index (χ1n) is 2.88. The van der Waals surface area contributed by atoms with Crippen LogP contribution in [-0.4, -0.2) is 4.98 Å².